The van der Waals surface area contributed by atoms with Crippen LogP contribution in [0.5, 0.6) is 23.0 Å². The molecule has 0 radical (unpaired) electrons. The predicted molar refractivity (Wildman–Crippen MR) is 136 cm³/mol. The third kappa shape index (κ3) is 10.6. The zero-order chi connectivity index (χ0) is 24.5. The molecule has 6 nitrogen and oxygen atoms in total. The molecule has 1 rings (SSSR count). The third-order valence-corrected chi connectivity index (χ3v) is 6.28. The zero-order valence-electron chi connectivity index (χ0n) is 21.4. The van der Waals surface area contributed by atoms with E-state index in [1.54, 1.807) is 6.92 Å². The van der Waals surface area contributed by atoms with E-state index < -0.39 is 0 Å². The first-order valence-electron chi connectivity index (χ1n) is 12.9. The lowest BCUT2D eigenvalue weighted by Crippen LogP contribution is -2.13. The van der Waals surface area contributed by atoms with Crippen molar-refractivity contribution in [2.24, 2.45) is 0 Å². The summed E-state index contributed by atoms with van der Waals surface area (Å²) in [5.74, 6) is -0.533. The fraction of sp³-hybridized carbons (Fsp3) is 0.741. The van der Waals surface area contributed by atoms with Crippen molar-refractivity contribution in [3.05, 3.63) is 5.56 Å². The molecule has 0 heterocycles. The van der Waals surface area contributed by atoms with Crippen LogP contribution in [0.1, 0.15) is 115 Å². The fourth-order valence-electron chi connectivity index (χ4n) is 4.19. The second kappa shape index (κ2) is 17.4. The molecule has 1 aromatic carbocycles. The molecule has 0 bridgehead atoms. The van der Waals surface area contributed by atoms with Crippen LogP contribution in [0.4, 0.5) is 5.69 Å². The van der Waals surface area contributed by atoms with Crippen LogP contribution in [-0.4, -0.2) is 30.3 Å². The molecular formula is C27H47NO5. The van der Waals surface area contributed by atoms with Gasteiger partial charge < -0.3 is 25.0 Å². The topological polar surface area (TPSA) is 88.0 Å². The number of hydrogen-bond acceptors (Lipinski definition) is 5. The summed E-state index contributed by atoms with van der Waals surface area (Å²) in [6, 6.07) is 0. The molecule has 0 aliphatic heterocycles. The second-order valence-electron chi connectivity index (χ2n) is 9.01. The van der Waals surface area contributed by atoms with Gasteiger partial charge in [-0.05, 0) is 13.3 Å². The number of unbranched alkanes of at least 4 members (excludes halogenated alkanes) is 14. The van der Waals surface area contributed by atoms with E-state index in [0.717, 1.165) is 19.3 Å². The van der Waals surface area contributed by atoms with Gasteiger partial charge in [0, 0.05) is 12.0 Å². The Morgan fingerprint density at radius 1 is 0.697 bits per heavy atom. The highest BCUT2D eigenvalue weighted by Crippen LogP contribution is 2.50. The van der Waals surface area contributed by atoms with Crippen LogP contribution in [-0.2, 0) is 4.79 Å². The summed E-state index contributed by atoms with van der Waals surface area (Å²) in [6.07, 6.45) is 19.6. The van der Waals surface area contributed by atoms with Crippen molar-refractivity contribution in [2.45, 2.75) is 117 Å². The van der Waals surface area contributed by atoms with Gasteiger partial charge in [0.15, 0.2) is 11.5 Å². The molecule has 0 atom stereocenters. The monoisotopic (exact) mass is 465 g/mol. The van der Waals surface area contributed by atoms with Crippen LogP contribution in [0.25, 0.3) is 0 Å². The number of benzene rings is 1. The van der Waals surface area contributed by atoms with E-state index in [0.29, 0.717) is 12.0 Å². The van der Waals surface area contributed by atoms with Gasteiger partial charge >= 0.3 is 0 Å². The average Bonchev–Trinajstić information content (AvgIpc) is 2.81. The van der Waals surface area contributed by atoms with Gasteiger partial charge in [-0.25, -0.2) is 0 Å². The van der Waals surface area contributed by atoms with Crippen molar-refractivity contribution in [2.75, 3.05) is 19.5 Å². The van der Waals surface area contributed by atoms with Gasteiger partial charge in [0.05, 0.1) is 19.9 Å². The van der Waals surface area contributed by atoms with Crippen LogP contribution >= 0.6 is 0 Å². The first kappa shape index (κ1) is 28.9. The quantitative estimate of drug-likeness (QED) is 0.111. The Bertz CT molecular complexity index is 690. The number of rotatable bonds is 19. The average molecular weight is 466 g/mol. The van der Waals surface area contributed by atoms with Gasteiger partial charge in [0.25, 0.3) is 0 Å². The molecule has 0 aliphatic carbocycles. The Morgan fingerprint density at radius 3 is 1.52 bits per heavy atom. The Morgan fingerprint density at radius 2 is 1.09 bits per heavy atom. The molecule has 0 fully saturated rings. The second-order valence-corrected chi connectivity index (χ2v) is 9.01. The van der Waals surface area contributed by atoms with Crippen molar-refractivity contribution >= 4 is 11.6 Å². The lowest BCUT2D eigenvalue weighted by atomic mass is 10.0. The first-order chi connectivity index (χ1) is 16.0. The number of ether oxygens (including phenoxy) is 2. The summed E-state index contributed by atoms with van der Waals surface area (Å²) in [5.41, 5.74) is 0.506. The zero-order valence-corrected chi connectivity index (χ0v) is 21.4. The molecule has 1 amide bonds. The standard InChI is InChI=1S/C27H47NO5/c1-5-6-7-8-9-10-11-12-13-14-15-16-17-18-19-20-22(29)28-23-21(2)24(30)26(32-3)27(33-4)25(23)31/h30-31H,5-20H2,1-4H3,(H,28,29). The van der Waals surface area contributed by atoms with Gasteiger partial charge in [-0.1, -0.05) is 96.8 Å². The number of aromatic hydroxyl groups is 2. The maximum Gasteiger partial charge on any atom is 0.224 e. The lowest BCUT2D eigenvalue weighted by molar-refractivity contribution is -0.116. The van der Waals surface area contributed by atoms with Crippen LogP contribution in [0.2, 0.25) is 0 Å². The Labute approximate surface area is 201 Å². The summed E-state index contributed by atoms with van der Waals surface area (Å²) in [6.45, 7) is 3.87. The van der Waals surface area contributed by atoms with Gasteiger partial charge in [0.1, 0.15) is 0 Å². The van der Waals surface area contributed by atoms with E-state index in [9.17, 15) is 15.0 Å². The van der Waals surface area contributed by atoms with Gasteiger partial charge in [-0.2, -0.15) is 0 Å². The molecule has 190 valence electrons. The highest BCUT2D eigenvalue weighted by molar-refractivity contribution is 5.95. The highest BCUT2D eigenvalue weighted by Gasteiger charge is 2.24. The summed E-state index contributed by atoms with van der Waals surface area (Å²) in [7, 11) is 2.75. The van der Waals surface area contributed by atoms with E-state index in [1.807, 2.05) is 0 Å². The highest BCUT2D eigenvalue weighted by atomic mass is 16.5. The van der Waals surface area contributed by atoms with Crippen molar-refractivity contribution in [3.63, 3.8) is 0 Å². The van der Waals surface area contributed by atoms with E-state index >= 15 is 0 Å². The third-order valence-electron chi connectivity index (χ3n) is 6.28. The minimum Gasteiger partial charge on any atom is -0.504 e. The molecule has 0 saturated carbocycles. The first-order valence-corrected chi connectivity index (χ1v) is 12.9. The summed E-state index contributed by atoms with van der Waals surface area (Å²) in [4.78, 5) is 12.3. The molecule has 0 aromatic heterocycles. The molecule has 0 aliphatic rings. The number of anilines is 1. The van der Waals surface area contributed by atoms with Crippen LogP contribution in [0.3, 0.4) is 0 Å². The van der Waals surface area contributed by atoms with E-state index in [2.05, 4.69) is 12.2 Å². The maximum absolute atomic E-state index is 12.3. The van der Waals surface area contributed by atoms with Crippen LogP contribution < -0.4 is 14.8 Å². The number of carbonyl (C=O) groups is 1. The lowest BCUT2D eigenvalue weighted by Gasteiger charge is -2.18. The summed E-state index contributed by atoms with van der Waals surface area (Å²) < 4.78 is 10.2. The smallest absolute Gasteiger partial charge is 0.224 e. The molecule has 0 saturated heterocycles. The van der Waals surface area contributed by atoms with E-state index in [4.69, 9.17) is 9.47 Å². The summed E-state index contributed by atoms with van der Waals surface area (Å²) >= 11 is 0. The van der Waals surface area contributed by atoms with Crippen LogP contribution in [0.15, 0.2) is 0 Å². The largest absolute Gasteiger partial charge is 0.504 e. The van der Waals surface area contributed by atoms with Gasteiger partial charge in [0.2, 0.25) is 17.4 Å². The van der Waals surface area contributed by atoms with E-state index in [-0.39, 0.29) is 34.6 Å². The molecule has 3 N–H and O–H groups in total. The van der Waals surface area contributed by atoms with Crippen molar-refractivity contribution < 1.29 is 24.5 Å². The number of nitrogens with one attached hydrogen (secondary N) is 1. The molecule has 33 heavy (non-hydrogen) atoms. The Hall–Kier alpha value is -2.11. The number of methoxy groups -OCH3 is 2. The SMILES string of the molecule is CCCCCCCCCCCCCCCCCC(=O)Nc1c(C)c(O)c(OC)c(OC)c1O. The van der Waals surface area contributed by atoms with Gasteiger partial charge in [-0.15, -0.1) is 0 Å². The molecular weight excluding hydrogens is 418 g/mol. The molecule has 0 spiro atoms. The molecule has 6 heteroatoms. The molecule has 0 unspecified atom stereocenters. The fourth-order valence-corrected chi connectivity index (χ4v) is 4.19. The van der Waals surface area contributed by atoms with Crippen molar-refractivity contribution in [1.29, 1.82) is 0 Å². The predicted octanol–water partition coefficient (Wildman–Crippen LogP) is 7.62. The number of carbonyl (C=O) groups excluding carboxylic acids is 1. The van der Waals surface area contributed by atoms with Crippen molar-refractivity contribution in [3.8, 4) is 23.0 Å². The van der Waals surface area contributed by atoms with Gasteiger partial charge in [-0.3, -0.25) is 4.79 Å². The van der Waals surface area contributed by atoms with Crippen LogP contribution in [0, 0.1) is 6.92 Å². The molecule has 1 aromatic rings. The maximum atomic E-state index is 12.3. The minimum absolute atomic E-state index is 0.00266. The minimum atomic E-state index is -0.241. The van der Waals surface area contributed by atoms with E-state index in [1.165, 1.54) is 91.3 Å². The summed E-state index contributed by atoms with van der Waals surface area (Å²) in [5, 5.41) is 23.4. The number of amides is 1. The Balaban J connectivity index is 2.15. The van der Waals surface area contributed by atoms with Crippen molar-refractivity contribution in [1.82, 2.24) is 0 Å². The number of hydrogen-bond donors (Lipinski definition) is 3. The Kier molecular flexibility index (Phi) is 15.2. The number of phenolic OH excluding ortho intramolecular Hbond substituents is 2. The number of phenols is 2. The normalized spacial score (nSPS) is 10.9.